The van der Waals surface area contributed by atoms with Crippen molar-refractivity contribution >= 4 is 28.9 Å². The molecule has 1 aliphatic heterocycles. The van der Waals surface area contributed by atoms with Gasteiger partial charge in [0.25, 0.3) is 5.56 Å². The lowest BCUT2D eigenvalue weighted by Crippen LogP contribution is -2.27. The minimum absolute atomic E-state index is 0.0808. The van der Waals surface area contributed by atoms with Crippen molar-refractivity contribution in [2.24, 2.45) is 0 Å². The summed E-state index contributed by atoms with van der Waals surface area (Å²) in [5.74, 6) is -1.40. The zero-order chi connectivity index (χ0) is 22.1. The first-order valence-electron chi connectivity index (χ1n) is 9.44. The quantitative estimate of drug-likeness (QED) is 0.641. The van der Waals surface area contributed by atoms with Gasteiger partial charge < -0.3 is 14.6 Å². The van der Waals surface area contributed by atoms with Gasteiger partial charge in [-0.3, -0.25) is 14.5 Å². The number of carbonyl (C=O) groups is 1. The number of rotatable bonds is 5. The molecule has 0 spiro atoms. The predicted molar refractivity (Wildman–Crippen MR) is 114 cm³/mol. The molecule has 1 amide bonds. The second-order valence-electron chi connectivity index (χ2n) is 7.08. The SMILES string of the molecule is CC(=O)N1CNc2ccc(Cn3ccc(OCc4ccc(F)cc4F)c(Cl)c3=O)cc21. The highest BCUT2D eigenvalue weighted by molar-refractivity contribution is 6.31. The molecule has 0 aliphatic carbocycles. The lowest BCUT2D eigenvalue weighted by Gasteiger charge is -2.15. The van der Waals surface area contributed by atoms with E-state index in [9.17, 15) is 18.4 Å². The number of amides is 1. The van der Waals surface area contributed by atoms with Gasteiger partial charge in [-0.25, -0.2) is 8.78 Å². The van der Waals surface area contributed by atoms with Crippen LogP contribution in [-0.2, 0) is 17.9 Å². The molecule has 0 saturated heterocycles. The zero-order valence-electron chi connectivity index (χ0n) is 16.5. The van der Waals surface area contributed by atoms with Gasteiger partial charge in [-0.15, -0.1) is 0 Å². The molecule has 0 unspecified atom stereocenters. The number of halogens is 3. The molecule has 160 valence electrons. The molecule has 6 nitrogen and oxygen atoms in total. The van der Waals surface area contributed by atoms with Crippen LogP contribution in [0.3, 0.4) is 0 Å². The maximum atomic E-state index is 13.8. The van der Waals surface area contributed by atoms with Crippen molar-refractivity contribution < 1.29 is 18.3 Å². The molecule has 1 N–H and O–H groups in total. The molecular formula is C22H18ClF2N3O3. The molecule has 9 heteroatoms. The van der Waals surface area contributed by atoms with E-state index < -0.39 is 17.2 Å². The van der Waals surface area contributed by atoms with E-state index in [-0.39, 0.29) is 35.4 Å². The first kappa shape index (κ1) is 20.9. The van der Waals surface area contributed by atoms with Crippen LogP contribution in [0.2, 0.25) is 5.02 Å². The third-order valence-corrected chi connectivity index (χ3v) is 5.33. The van der Waals surface area contributed by atoms with E-state index in [1.807, 2.05) is 18.2 Å². The number of pyridine rings is 1. The highest BCUT2D eigenvalue weighted by Gasteiger charge is 2.22. The fourth-order valence-electron chi connectivity index (χ4n) is 3.34. The van der Waals surface area contributed by atoms with Gasteiger partial charge in [0.05, 0.1) is 24.6 Å². The van der Waals surface area contributed by atoms with Gasteiger partial charge in [-0.05, 0) is 35.9 Å². The van der Waals surface area contributed by atoms with Crippen molar-refractivity contribution in [3.63, 3.8) is 0 Å². The van der Waals surface area contributed by atoms with Crippen molar-refractivity contribution in [3.8, 4) is 5.75 Å². The van der Waals surface area contributed by atoms with Gasteiger partial charge in [-0.2, -0.15) is 0 Å². The fraction of sp³-hybridized carbons (Fsp3) is 0.182. The van der Waals surface area contributed by atoms with E-state index >= 15 is 0 Å². The van der Waals surface area contributed by atoms with Crippen molar-refractivity contribution in [2.75, 3.05) is 16.9 Å². The lowest BCUT2D eigenvalue weighted by molar-refractivity contribution is -0.116. The van der Waals surface area contributed by atoms with Crippen LogP contribution in [0, 0.1) is 11.6 Å². The number of benzene rings is 2. The second-order valence-corrected chi connectivity index (χ2v) is 7.46. The van der Waals surface area contributed by atoms with Crippen LogP contribution in [-0.4, -0.2) is 17.1 Å². The van der Waals surface area contributed by atoms with Crippen LogP contribution in [0.25, 0.3) is 0 Å². The summed E-state index contributed by atoms with van der Waals surface area (Å²) in [6.07, 6.45) is 1.53. The van der Waals surface area contributed by atoms with E-state index in [2.05, 4.69) is 5.32 Å². The van der Waals surface area contributed by atoms with Gasteiger partial charge in [0.15, 0.2) is 0 Å². The Hall–Kier alpha value is -3.39. The van der Waals surface area contributed by atoms with Gasteiger partial charge >= 0.3 is 0 Å². The second kappa shape index (κ2) is 8.39. The Balaban J connectivity index is 1.52. The smallest absolute Gasteiger partial charge is 0.273 e. The van der Waals surface area contributed by atoms with Gasteiger partial charge in [0, 0.05) is 24.8 Å². The summed E-state index contributed by atoms with van der Waals surface area (Å²) in [4.78, 5) is 26.1. The maximum absolute atomic E-state index is 13.8. The van der Waals surface area contributed by atoms with E-state index in [0.717, 1.165) is 29.1 Å². The van der Waals surface area contributed by atoms with Crippen molar-refractivity contribution in [1.82, 2.24) is 4.57 Å². The Labute approximate surface area is 181 Å². The lowest BCUT2D eigenvalue weighted by atomic mass is 10.1. The Morgan fingerprint density at radius 1 is 1.19 bits per heavy atom. The molecule has 2 heterocycles. The van der Waals surface area contributed by atoms with Crippen LogP contribution < -0.4 is 20.5 Å². The molecule has 2 aromatic carbocycles. The summed E-state index contributed by atoms with van der Waals surface area (Å²) in [5, 5.41) is 3.00. The molecule has 0 radical (unpaired) electrons. The summed E-state index contributed by atoms with van der Waals surface area (Å²) in [7, 11) is 0. The fourth-order valence-corrected chi connectivity index (χ4v) is 3.56. The van der Waals surface area contributed by atoms with Gasteiger partial charge in [0.1, 0.15) is 29.0 Å². The van der Waals surface area contributed by atoms with E-state index in [4.69, 9.17) is 16.3 Å². The molecule has 1 aliphatic rings. The summed E-state index contributed by atoms with van der Waals surface area (Å²) < 4.78 is 33.7. The molecule has 3 aromatic rings. The van der Waals surface area contributed by atoms with E-state index in [1.165, 1.54) is 29.8 Å². The standard InChI is InChI=1S/C22H18ClF2N3O3/c1-13(29)28-12-26-18-5-2-14(8-19(18)28)10-27-7-6-20(21(23)22(27)30)31-11-15-3-4-16(24)9-17(15)25/h2-9,26H,10-12H2,1H3. The monoisotopic (exact) mass is 445 g/mol. The highest BCUT2D eigenvalue weighted by atomic mass is 35.5. The summed E-state index contributed by atoms with van der Waals surface area (Å²) in [6.45, 7) is 1.93. The Bertz CT molecular complexity index is 1230. The number of carbonyl (C=O) groups excluding carboxylic acids is 1. The number of hydrogen-bond acceptors (Lipinski definition) is 4. The number of aromatic nitrogens is 1. The normalized spacial score (nSPS) is 12.5. The van der Waals surface area contributed by atoms with Crippen molar-refractivity contribution in [2.45, 2.75) is 20.1 Å². The van der Waals surface area contributed by atoms with Crippen molar-refractivity contribution in [1.29, 1.82) is 0 Å². The third kappa shape index (κ3) is 4.25. The highest BCUT2D eigenvalue weighted by Crippen LogP contribution is 2.32. The maximum Gasteiger partial charge on any atom is 0.273 e. The van der Waals surface area contributed by atoms with Crippen molar-refractivity contribution in [3.05, 3.63) is 86.8 Å². The Morgan fingerprint density at radius 3 is 2.74 bits per heavy atom. The molecule has 0 atom stereocenters. The van der Waals surface area contributed by atoms with Crippen LogP contribution >= 0.6 is 11.6 Å². The van der Waals surface area contributed by atoms with Gasteiger partial charge in [-0.1, -0.05) is 17.7 Å². The summed E-state index contributed by atoms with van der Waals surface area (Å²) >= 11 is 6.18. The number of ether oxygens (including phenoxy) is 1. The summed E-state index contributed by atoms with van der Waals surface area (Å²) in [6, 6.07) is 10.2. The predicted octanol–water partition coefficient (Wildman–Crippen LogP) is 4.14. The largest absolute Gasteiger partial charge is 0.487 e. The molecule has 4 rings (SSSR count). The Morgan fingerprint density at radius 2 is 2.00 bits per heavy atom. The minimum atomic E-state index is -0.741. The number of hydrogen-bond donors (Lipinski definition) is 1. The van der Waals surface area contributed by atoms with Crippen LogP contribution in [0.4, 0.5) is 20.2 Å². The van der Waals surface area contributed by atoms with Gasteiger partial charge in [0.2, 0.25) is 5.91 Å². The first-order valence-corrected chi connectivity index (χ1v) is 9.82. The van der Waals surface area contributed by atoms with E-state index in [1.54, 1.807) is 4.90 Å². The molecule has 0 fully saturated rings. The van der Waals surface area contributed by atoms with E-state index in [0.29, 0.717) is 6.67 Å². The average molecular weight is 446 g/mol. The molecule has 0 saturated carbocycles. The molecular weight excluding hydrogens is 428 g/mol. The molecule has 0 bridgehead atoms. The Kier molecular flexibility index (Phi) is 5.65. The van der Waals surface area contributed by atoms with Crippen LogP contribution in [0.15, 0.2) is 53.5 Å². The van der Waals surface area contributed by atoms with Crippen LogP contribution in [0.1, 0.15) is 18.1 Å². The van der Waals surface area contributed by atoms with Crippen LogP contribution in [0.5, 0.6) is 5.75 Å². The summed E-state index contributed by atoms with van der Waals surface area (Å²) in [5.41, 5.74) is 2.09. The zero-order valence-corrected chi connectivity index (χ0v) is 17.2. The number of nitrogens with zero attached hydrogens (tertiary/aromatic N) is 2. The molecule has 31 heavy (non-hydrogen) atoms. The third-order valence-electron chi connectivity index (χ3n) is 4.98. The number of fused-ring (bicyclic) bond motifs is 1. The minimum Gasteiger partial charge on any atom is -0.487 e. The number of nitrogens with one attached hydrogen (secondary N) is 1. The number of anilines is 2. The molecule has 1 aromatic heterocycles. The average Bonchev–Trinajstić information content (AvgIpc) is 3.15. The topological polar surface area (TPSA) is 63.6 Å². The first-order chi connectivity index (χ1) is 14.8.